The number of halogens is 1. The molecule has 7 nitrogen and oxygen atoms in total. The zero-order valence-electron chi connectivity index (χ0n) is 11.4. The van der Waals surface area contributed by atoms with Gasteiger partial charge in [-0.1, -0.05) is 11.6 Å². The van der Waals surface area contributed by atoms with Crippen molar-refractivity contribution in [1.29, 1.82) is 0 Å². The number of aliphatic carboxylic acids is 1. The summed E-state index contributed by atoms with van der Waals surface area (Å²) in [6, 6.07) is 4.46. The van der Waals surface area contributed by atoms with Gasteiger partial charge in [0.15, 0.2) is 0 Å². The van der Waals surface area contributed by atoms with Crippen molar-refractivity contribution >= 4 is 28.9 Å². The van der Waals surface area contributed by atoms with Crippen molar-refractivity contribution < 1.29 is 14.8 Å². The second-order valence-electron chi connectivity index (χ2n) is 4.87. The summed E-state index contributed by atoms with van der Waals surface area (Å²) < 4.78 is 0. The molecule has 1 fully saturated rings. The third kappa shape index (κ3) is 4.05. The lowest BCUT2D eigenvalue weighted by Crippen LogP contribution is -2.47. The molecule has 1 aliphatic heterocycles. The molecule has 0 unspecified atom stereocenters. The van der Waals surface area contributed by atoms with Gasteiger partial charge in [0.2, 0.25) is 0 Å². The largest absolute Gasteiger partial charge is 0.481 e. The molecule has 1 saturated heterocycles. The minimum atomic E-state index is -0.796. The van der Waals surface area contributed by atoms with Crippen molar-refractivity contribution in [3.63, 3.8) is 0 Å². The fourth-order valence-corrected chi connectivity index (χ4v) is 2.63. The lowest BCUT2D eigenvalue weighted by atomic mass is 10.2. The van der Waals surface area contributed by atoms with E-state index in [1.807, 2.05) is 0 Å². The van der Waals surface area contributed by atoms with Crippen LogP contribution in [0, 0.1) is 10.1 Å². The third-order valence-electron chi connectivity index (χ3n) is 3.50. The molecule has 1 aromatic carbocycles. The normalized spacial score (nSPS) is 16.0. The van der Waals surface area contributed by atoms with Crippen LogP contribution >= 0.6 is 11.6 Å². The number of rotatable bonds is 5. The maximum absolute atomic E-state index is 10.7. The summed E-state index contributed by atoms with van der Waals surface area (Å²) in [5.41, 5.74) is 0.754. The highest BCUT2D eigenvalue weighted by atomic mass is 35.5. The molecule has 0 bridgehead atoms. The maximum atomic E-state index is 10.7. The van der Waals surface area contributed by atoms with E-state index in [4.69, 9.17) is 16.7 Å². The monoisotopic (exact) mass is 313 g/mol. The quantitative estimate of drug-likeness (QED) is 0.659. The summed E-state index contributed by atoms with van der Waals surface area (Å²) in [7, 11) is 0. The lowest BCUT2D eigenvalue weighted by Gasteiger charge is -2.36. The number of hydrogen-bond donors (Lipinski definition) is 1. The van der Waals surface area contributed by atoms with Gasteiger partial charge in [0.1, 0.15) is 0 Å². The highest BCUT2D eigenvalue weighted by Gasteiger charge is 2.20. The molecule has 0 atom stereocenters. The molecule has 0 saturated carbocycles. The number of nitrogens with zero attached hydrogens (tertiary/aromatic N) is 3. The van der Waals surface area contributed by atoms with E-state index < -0.39 is 10.9 Å². The van der Waals surface area contributed by atoms with E-state index in [0.717, 1.165) is 31.9 Å². The van der Waals surface area contributed by atoms with E-state index in [9.17, 15) is 14.9 Å². The van der Waals surface area contributed by atoms with Crippen molar-refractivity contribution in [1.82, 2.24) is 4.90 Å². The van der Waals surface area contributed by atoms with Crippen LogP contribution in [0.25, 0.3) is 0 Å². The van der Waals surface area contributed by atoms with Crippen LogP contribution in [0.4, 0.5) is 11.4 Å². The third-order valence-corrected chi connectivity index (χ3v) is 3.80. The molecule has 1 aliphatic rings. The van der Waals surface area contributed by atoms with Crippen LogP contribution in [0.1, 0.15) is 6.42 Å². The van der Waals surface area contributed by atoms with Crippen molar-refractivity contribution in [2.45, 2.75) is 6.42 Å². The number of benzene rings is 1. The molecule has 0 amide bonds. The molecule has 1 aromatic rings. The number of anilines is 1. The highest BCUT2D eigenvalue weighted by molar-refractivity contribution is 6.33. The number of nitro benzene ring substituents is 1. The van der Waals surface area contributed by atoms with Gasteiger partial charge in [0.05, 0.1) is 22.1 Å². The van der Waals surface area contributed by atoms with Gasteiger partial charge in [-0.25, -0.2) is 0 Å². The van der Waals surface area contributed by atoms with Gasteiger partial charge in [-0.15, -0.1) is 0 Å². The van der Waals surface area contributed by atoms with Crippen LogP contribution in [-0.4, -0.2) is 53.6 Å². The Labute approximate surface area is 126 Å². The van der Waals surface area contributed by atoms with E-state index in [-0.39, 0.29) is 12.1 Å². The van der Waals surface area contributed by atoms with Crippen molar-refractivity contribution in [2.24, 2.45) is 0 Å². The molecule has 0 radical (unpaired) electrons. The smallest absolute Gasteiger partial charge is 0.304 e. The topological polar surface area (TPSA) is 86.9 Å². The van der Waals surface area contributed by atoms with E-state index in [1.54, 1.807) is 6.07 Å². The number of hydrogen-bond acceptors (Lipinski definition) is 5. The Morgan fingerprint density at radius 3 is 2.52 bits per heavy atom. The predicted molar refractivity (Wildman–Crippen MR) is 79.0 cm³/mol. The van der Waals surface area contributed by atoms with Crippen LogP contribution < -0.4 is 4.90 Å². The second-order valence-corrected chi connectivity index (χ2v) is 5.27. The van der Waals surface area contributed by atoms with Gasteiger partial charge in [-0.3, -0.25) is 19.8 Å². The fourth-order valence-electron chi connectivity index (χ4n) is 2.33. The Morgan fingerprint density at radius 1 is 1.33 bits per heavy atom. The molecular formula is C13H16ClN3O4. The molecule has 1 heterocycles. The van der Waals surface area contributed by atoms with Crippen LogP contribution in [0.2, 0.25) is 5.02 Å². The summed E-state index contributed by atoms with van der Waals surface area (Å²) in [6.45, 7) is 3.48. The van der Waals surface area contributed by atoms with Crippen LogP contribution in [0.5, 0.6) is 0 Å². The predicted octanol–water partition coefficient (Wildman–Crippen LogP) is 1.84. The zero-order chi connectivity index (χ0) is 15.4. The van der Waals surface area contributed by atoms with Gasteiger partial charge in [0, 0.05) is 44.9 Å². The van der Waals surface area contributed by atoms with Gasteiger partial charge < -0.3 is 10.0 Å². The Kier molecular flexibility index (Phi) is 4.98. The molecule has 1 N–H and O–H groups in total. The first-order valence-corrected chi connectivity index (χ1v) is 6.98. The summed E-state index contributed by atoms with van der Waals surface area (Å²) >= 11 is 6.11. The molecule has 0 aromatic heterocycles. The number of non-ortho nitro benzene ring substituents is 1. The number of piperazine rings is 1. The molecular weight excluding hydrogens is 298 g/mol. The number of nitro groups is 1. The van der Waals surface area contributed by atoms with Crippen LogP contribution in [0.3, 0.4) is 0 Å². The molecule has 2 rings (SSSR count). The maximum Gasteiger partial charge on any atom is 0.304 e. The summed E-state index contributed by atoms with van der Waals surface area (Å²) in [6.07, 6.45) is 0.137. The van der Waals surface area contributed by atoms with Crippen molar-refractivity contribution in [2.75, 3.05) is 37.6 Å². The van der Waals surface area contributed by atoms with Gasteiger partial charge >= 0.3 is 5.97 Å². The Balaban J connectivity index is 1.96. The lowest BCUT2D eigenvalue weighted by molar-refractivity contribution is -0.384. The van der Waals surface area contributed by atoms with Gasteiger partial charge in [-0.2, -0.15) is 0 Å². The first kappa shape index (κ1) is 15.5. The van der Waals surface area contributed by atoms with Gasteiger partial charge in [-0.05, 0) is 6.07 Å². The van der Waals surface area contributed by atoms with Crippen molar-refractivity contribution in [3.8, 4) is 0 Å². The van der Waals surface area contributed by atoms with E-state index in [2.05, 4.69) is 9.80 Å². The molecule has 21 heavy (non-hydrogen) atoms. The fraction of sp³-hybridized carbons (Fsp3) is 0.462. The van der Waals surface area contributed by atoms with Crippen molar-refractivity contribution in [3.05, 3.63) is 33.3 Å². The average Bonchev–Trinajstić information content (AvgIpc) is 2.45. The minimum absolute atomic E-state index is 0.0242. The zero-order valence-corrected chi connectivity index (χ0v) is 12.1. The molecule has 0 spiro atoms. The SMILES string of the molecule is O=C(O)CCN1CCN(c2ccc([N+](=O)[O-])cc2Cl)CC1. The summed E-state index contributed by atoms with van der Waals surface area (Å²) in [5.74, 6) is -0.796. The molecule has 114 valence electrons. The van der Waals surface area contributed by atoms with Gasteiger partial charge in [0.25, 0.3) is 5.69 Å². The number of carboxylic acid groups (broad SMARTS) is 1. The molecule has 8 heteroatoms. The van der Waals surface area contributed by atoms with E-state index >= 15 is 0 Å². The summed E-state index contributed by atoms with van der Waals surface area (Å²) in [5, 5.41) is 19.7. The summed E-state index contributed by atoms with van der Waals surface area (Å²) in [4.78, 5) is 24.9. The highest BCUT2D eigenvalue weighted by Crippen LogP contribution is 2.30. The minimum Gasteiger partial charge on any atom is -0.481 e. The second kappa shape index (κ2) is 6.73. The number of carbonyl (C=O) groups is 1. The standard InChI is InChI=1S/C13H16ClN3O4/c14-11-9-10(17(20)21)1-2-12(11)16-7-5-15(6-8-16)4-3-13(18)19/h1-2,9H,3-8H2,(H,18,19). The van der Waals surface area contributed by atoms with Crippen LogP contribution in [-0.2, 0) is 4.79 Å². The Bertz CT molecular complexity index is 544. The van der Waals surface area contributed by atoms with E-state index in [0.29, 0.717) is 11.6 Å². The number of carboxylic acids is 1. The first-order chi connectivity index (χ1) is 9.97. The molecule has 0 aliphatic carbocycles. The Hall–Kier alpha value is -1.86. The van der Waals surface area contributed by atoms with Crippen LogP contribution in [0.15, 0.2) is 18.2 Å². The first-order valence-electron chi connectivity index (χ1n) is 6.60. The van der Waals surface area contributed by atoms with E-state index in [1.165, 1.54) is 12.1 Å². The Morgan fingerprint density at radius 2 is 2.00 bits per heavy atom. The average molecular weight is 314 g/mol.